The van der Waals surface area contributed by atoms with E-state index < -0.39 is 0 Å². The first kappa shape index (κ1) is 18.0. The van der Waals surface area contributed by atoms with Crippen LogP contribution in [0.5, 0.6) is 0 Å². The molecule has 1 aliphatic rings. The fourth-order valence-electron chi connectivity index (χ4n) is 3.19. The summed E-state index contributed by atoms with van der Waals surface area (Å²) in [5.41, 5.74) is 0. The molecular formula is C18H38N2. The Balaban J connectivity index is 1.82. The third kappa shape index (κ3) is 8.97. The standard InChI is InChI=1S/C18H38N2/c1-3-5-6-7-8-9-10-11-12-13-15-20-16-14-19-18(4-2)17-20/h18-19H,3-17H2,1-2H3. The monoisotopic (exact) mass is 282 g/mol. The van der Waals surface area contributed by atoms with Crippen LogP contribution < -0.4 is 5.32 Å². The number of unbranched alkanes of at least 4 members (excludes halogenated alkanes) is 9. The van der Waals surface area contributed by atoms with Gasteiger partial charge < -0.3 is 10.2 Å². The van der Waals surface area contributed by atoms with E-state index in [0.717, 1.165) is 6.04 Å². The molecule has 1 N–H and O–H groups in total. The van der Waals surface area contributed by atoms with Gasteiger partial charge in [0.15, 0.2) is 0 Å². The number of nitrogens with one attached hydrogen (secondary N) is 1. The molecule has 0 aromatic rings. The van der Waals surface area contributed by atoms with Gasteiger partial charge in [-0.15, -0.1) is 0 Å². The van der Waals surface area contributed by atoms with Crippen LogP contribution in [-0.2, 0) is 0 Å². The zero-order valence-electron chi connectivity index (χ0n) is 14.1. The van der Waals surface area contributed by atoms with Gasteiger partial charge in [-0.05, 0) is 19.4 Å². The molecule has 1 saturated heterocycles. The van der Waals surface area contributed by atoms with E-state index in [1.807, 2.05) is 0 Å². The molecule has 0 aliphatic carbocycles. The molecule has 0 saturated carbocycles. The summed E-state index contributed by atoms with van der Waals surface area (Å²) in [6, 6.07) is 0.742. The largest absolute Gasteiger partial charge is 0.311 e. The van der Waals surface area contributed by atoms with Gasteiger partial charge in [0.2, 0.25) is 0 Å². The summed E-state index contributed by atoms with van der Waals surface area (Å²) < 4.78 is 0. The van der Waals surface area contributed by atoms with Crippen molar-refractivity contribution in [2.45, 2.75) is 90.5 Å². The second kappa shape index (κ2) is 12.6. The van der Waals surface area contributed by atoms with Crippen LogP contribution >= 0.6 is 0 Å². The molecular weight excluding hydrogens is 244 g/mol. The van der Waals surface area contributed by atoms with Crippen molar-refractivity contribution in [2.75, 3.05) is 26.2 Å². The highest BCUT2D eigenvalue weighted by Crippen LogP contribution is 2.11. The molecule has 2 heteroatoms. The lowest BCUT2D eigenvalue weighted by Gasteiger charge is -2.33. The summed E-state index contributed by atoms with van der Waals surface area (Å²) >= 11 is 0. The highest BCUT2D eigenvalue weighted by molar-refractivity contribution is 4.77. The summed E-state index contributed by atoms with van der Waals surface area (Å²) in [6.07, 6.45) is 15.7. The minimum absolute atomic E-state index is 0.742. The van der Waals surface area contributed by atoms with E-state index in [1.54, 1.807) is 0 Å². The molecule has 0 bridgehead atoms. The molecule has 2 nitrogen and oxygen atoms in total. The van der Waals surface area contributed by atoms with Crippen LogP contribution in [0.3, 0.4) is 0 Å². The normalized spacial score (nSPS) is 20.4. The Hall–Kier alpha value is -0.0800. The van der Waals surface area contributed by atoms with E-state index in [2.05, 4.69) is 24.1 Å². The average Bonchev–Trinajstić information content (AvgIpc) is 2.49. The van der Waals surface area contributed by atoms with Crippen molar-refractivity contribution < 1.29 is 0 Å². The highest BCUT2D eigenvalue weighted by Gasteiger charge is 2.16. The summed E-state index contributed by atoms with van der Waals surface area (Å²) in [5, 5.41) is 3.60. The maximum atomic E-state index is 3.60. The second-order valence-electron chi connectivity index (χ2n) is 6.54. The molecule has 120 valence electrons. The van der Waals surface area contributed by atoms with Crippen molar-refractivity contribution in [1.29, 1.82) is 0 Å². The molecule has 0 aromatic heterocycles. The van der Waals surface area contributed by atoms with Crippen molar-refractivity contribution in [3.63, 3.8) is 0 Å². The summed E-state index contributed by atoms with van der Waals surface area (Å²) in [6.45, 7) is 9.63. The van der Waals surface area contributed by atoms with Crippen LogP contribution in [0.15, 0.2) is 0 Å². The molecule has 1 fully saturated rings. The van der Waals surface area contributed by atoms with E-state index in [0.29, 0.717) is 0 Å². The first-order chi connectivity index (χ1) is 9.86. The fourth-order valence-corrected chi connectivity index (χ4v) is 3.19. The lowest BCUT2D eigenvalue weighted by molar-refractivity contribution is 0.193. The van der Waals surface area contributed by atoms with Crippen LogP contribution in [0.2, 0.25) is 0 Å². The van der Waals surface area contributed by atoms with Gasteiger partial charge in [-0.3, -0.25) is 0 Å². The SMILES string of the molecule is CCCCCCCCCCCCN1CCNC(CC)C1. The van der Waals surface area contributed by atoms with Gasteiger partial charge in [-0.25, -0.2) is 0 Å². The van der Waals surface area contributed by atoms with Crippen molar-refractivity contribution >= 4 is 0 Å². The molecule has 0 aromatic carbocycles. The smallest absolute Gasteiger partial charge is 0.0192 e. The van der Waals surface area contributed by atoms with Crippen molar-refractivity contribution in [1.82, 2.24) is 10.2 Å². The summed E-state index contributed by atoms with van der Waals surface area (Å²) in [5.74, 6) is 0. The van der Waals surface area contributed by atoms with Gasteiger partial charge in [0.1, 0.15) is 0 Å². The van der Waals surface area contributed by atoms with Gasteiger partial charge in [-0.1, -0.05) is 71.6 Å². The van der Waals surface area contributed by atoms with Crippen molar-refractivity contribution in [3.05, 3.63) is 0 Å². The van der Waals surface area contributed by atoms with E-state index in [9.17, 15) is 0 Å². The third-order valence-corrected chi connectivity index (χ3v) is 4.66. The van der Waals surface area contributed by atoms with Gasteiger partial charge in [0.25, 0.3) is 0 Å². The quantitative estimate of drug-likeness (QED) is 0.527. The van der Waals surface area contributed by atoms with Crippen LogP contribution in [-0.4, -0.2) is 37.1 Å². The molecule has 0 spiro atoms. The summed E-state index contributed by atoms with van der Waals surface area (Å²) in [4.78, 5) is 2.66. The number of nitrogens with zero attached hydrogens (tertiary/aromatic N) is 1. The second-order valence-corrected chi connectivity index (χ2v) is 6.54. The zero-order valence-corrected chi connectivity index (χ0v) is 14.1. The van der Waals surface area contributed by atoms with Gasteiger partial charge in [0, 0.05) is 25.7 Å². The molecule has 0 amide bonds. The highest BCUT2D eigenvalue weighted by atomic mass is 15.2. The van der Waals surface area contributed by atoms with Gasteiger partial charge in [0.05, 0.1) is 0 Å². The van der Waals surface area contributed by atoms with E-state index in [4.69, 9.17) is 0 Å². The van der Waals surface area contributed by atoms with Crippen LogP contribution in [0, 0.1) is 0 Å². The van der Waals surface area contributed by atoms with Crippen molar-refractivity contribution in [2.24, 2.45) is 0 Å². The van der Waals surface area contributed by atoms with Gasteiger partial charge >= 0.3 is 0 Å². The predicted octanol–water partition coefficient (Wildman–Crippen LogP) is 4.59. The topological polar surface area (TPSA) is 15.3 Å². The molecule has 1 heterocycles. The molecule has 1 atom stereocenters. The fraction of sp³-hybridized carbons (Fsp3) is 1.00. The lowest BCUT2D eigenvalue weighted by atomic mass is 10.1. The maximum absolute atomic E-state index is 3.60. The van der Waals surface area contributed by atoms with E-state index in [1.165, 1.54) is 96.8 Å². The molecule has 0 radical (unpaired) electrons. The maximum Gasteiger partial charge on any atom is 0.0192 e. The molecule has 1 aliphatic heterocycles. The predicted molar refractivity (Wildman–Crippen MR) is 90.4 cm³/mol. The number of rotatable bonds is 12. The Bertz CT molecular complexity index is 206. The first-order valence-corrected chi connectivity index (χ1v) is 9.32. The van der Waals surface area contributed by atoms with Gasteiger partial charge in [-0.2, -0.15) is 0 Å². The minimum Gasteiger partial charge on any atom is -0.311 e. The average molecular weight is 283 g/mol. The summed E-state index contributed by atoms with van der Waals surface area (Å²) in [7, 11) is 0. The Kier molecular flexibility index (Phi) is 11.4. The van der Waals surface area contributed by atoms with E-state index in [-0.39, 0.29) is 0 Å². The number of hydrogen-bond donors (Lipinski definition) is 1. The minimum atomic E-state index is 0.742. The molecule has 1 rings (SSSR count). The third-order valence-electron chi connectivity index (χ3n) is 4.66. The number of hydrogen-bond acceptors (Lipinski definition) is 2. The lowest BCUT2D eigenvalue weighted by Crippen LogP contribution is -2.50. The number of piperazine rings is 1. The Labute approximate surface area is 127 Å². The van der Waals surface area contributed by atoms with Crippen LogP contribution in [0.4, 0.5) is 0 Å². The van der Waals surface area contributed by atoms with E-state index >= 15 is 0 Å². The van der Waals surface area contributed by atoms with Crippen molar-refractivity contribution in [3.8, 4) is 0 Å². The molecule has 20 heavy (non-hydrogen) atoms. The Morgan fingerprint density at radius 1 is 0.850 bits per heavy atom. The Morgan fingerprint density at radius 3 is 2.05 bits per heavy atom. The zero-order chi connectivity index (χ0) is 14.5. The molecule has 1 unspecified atom stereocenters. The Morgan fingerprint density at radius 2 is 1.45 bits per heavy atom. The van der Waals surface area contributed by atoms with Crippen LogP contribution in [0.25, 0.3) is 0 Å². The first-order valence-electron chi connectivity index (χ1n) is 9.32. The van der Waals surface area contributed by atoms with Crippen LogP contribution in [0.1, 0.15) is 84.5 Å².